The third-order valence-corrected chi connectivity index (χ3v) is 3.62. The maximum absolute atomic E-state index is 12.0. The molecule has 0 saturated carbocycles. The van der Waals surface area contributed by atoms with E-state index in [-0.39, 0.29) is 17.6 Å². The highest BCUT2D eigenvalue weighted by atomic mass is 35.5. The van der Waals surface area contributed by atoms with Gasteiger partial charge in [-0.05, 0) is 50.1 Å². The van der Waals surface area contributed by atoms with Crippen molar-refractivity contribution in [1.29, 1.82) is 0 Å². The number of nitrogens with one attached hydrogen (secondary N) is 2. The molecule has 0 aliphatic carbocycles. The Bertz CT molecular complexity index is 674. The van der Waals surface area contributed by atoms with E-state index in [9.17, 15) is 4.79 Å². The van der Waals surface area contributed by atoms with Gasteiger partial charge in [-0.1, -0.05) is 29.3 Å². The Balaban J connectivity index is 1.87. The second-order valence-electron chi connectivity index (χ2n) is 5.34. The molecule has 23 heavy (non-hydrogen) atoms. The number of amides is 1. The van der Waals surface area contributed by atoms with Crippen LogP contribution in [-0.4, -0.2) is 28.7 Å². The van der Waals surface area contributed by atoms with Crippen molar-refractivity contribution in [3.63, 3.8) is 0 Å². The van der Waals surface area contributed by atoms with Crippen molar-refractivity contribution in [2.24, 2.45) is 0 Å². The second-order valence-corrected chi connectivity index (χ2v) is 6.19. The normalized spacial score (nSPS) is 10.7. The molecule has 2 N–H and O–H groups in total. The lowest BCUT2D eigenvalue weighted by Crippen LogP contribution is -2.27. The highest BCUT2D eigenvalue weighted by Crippen LogP contribution is 2.21. The van der Waals surface area contributed by atoms with E-state index in [1.54, 1.807) is 24.3 Å². The highest BCUT2D eigenvalue weighted by molar-refractivity contribution is 6.35. The van der Waals surface area contributed by atoms with Crippen molar-refractivity contribution in [3.05, 3.63) is 51.6 Å². The molecule has 2 rings (SSSR count). The van der Waals surface area contributed by atoms with Gasteiger partial charge in [-0.3, -0.25) is 4.79 Å². The summed E-state index contributed by atoms with van der Waals surface area (Å²) in [6.45, 7) is 4.46. The van der Waals surface area contributed by atoms with Gasteiger partial charge in [0.2, 0.25) is 0 Å². The van der Waals surface area contributed by atoms with Gasteiger partial charge in [0.15, 0.2) is 5.69 Å². The summed E-state index contributed by atoms with van der Waals surface area (Å²) in [5.74, 6) is 0.378. The van der Waals surface area contributed by atoms with Crippen LogP contribution in [0.4, 0.5) is 5.82 Å². The van der Waals surface area contributed by atoms with Gasteiger partial charge in [-0.15, -0.1) is 10.2 Å². The van der Waals surface area contributed by atoms with Crippen LogP contribution in [0.1, 0.15) is 29.9 Å². The molecule has 0 atom stereocenters. The van der Waals surface area contributed by atoms with Crippen molar-refractivity contribution in [2.45, 2.75) is 26.3 Å². The Morgan fingerprint density at radius 3 is 2.57 bits per heavy atom. The summed E-state index contributed by atoms with van der Waals surface area (Å²) in [5, 5.41) is 15.0. The first-order valence-electron chi connectivity index (χ1n) is 7.28. The van der Waals surface area contributed by atoms with E-state index in [2.05, 4.69) is 20.8 Å². The molecule has 0 saturated heterocycles. The van der Waals surface area contributed by atoms with Crippen LogP contribution in [0, 0.1) is 0 Å². The molecule has 1 amide bonds. The number of hydrogen-bond acceptors (Lipinski definition) is 4. The van der Waals surface area contributed by atoms with Crippen molar-refractivity contribution in [3.8, 4) is 0 Å². The number of aromatic nitrogens is 2. The van der Waals surface area contributed by atoms with Gasteiger partial charge in [0.05, 0.1) is 0 Å². The summed E-state index contributed by atoms with van der Waals surface area (Å²) >= 11 is 11.9. The molecule has 0 fully saturated rings. The Labute approximate surface area is 145 Å². The monoisotopic (exact) mass is 352 g/mol. The van der Waals surface area contributed by atoms with Crippen LogP contribution in [-0.2, 0) is 6.42 Å². The van der Waals surface area contributed by atoms with Gasteiger partial charge in [-0.25, -0.2) is 0 Å². The predicted octanol–water partition coefficient (Wildman–Crippen LogP) is 3.58. The Hall–Kier alpha value is -1.85. The Morgan fingerprint density at radius 2 is 1.96 bits per heavy atom. The molecule has 0 aliphatic rings. The largest absolute Gasteiger partial charge is 0.366 e. The van der Waals surface area contributed by atoms with E-state index >= 15 is 0 Å². The van der Waals surface area contributed by atoms with E-state index in [1.165, 1.54) is 0 Å². The molecular formula is C16H18Cl2N4O. The van der Waals surface area contributed by atoms with E-state index in [0.717, 1.165) is 5.56 Å². The van der Waals surface area contributed by atoms with E-state index < -0.39 is 0 Å². The van der Waals surface area contributed by atoms with Crippen molar-refractivity contribution in [1.82, 2.24) is 15.5 Å². The minimum atomic E-state index is -0.265. The fraction of sp³-hybridized carbons (Fsp3) is 0.312. The van der Waals surface area contributed by atoms with Gasteiger partial charge in [0.25, 0.3) is 5.91 Å². The SMILES string of the molecule is CC(C)Nc1ccc(C(=O)NCCc2ccc(Cl)cc2Cl)nn1. The lowest BCUT2D eigenvalue weighted by molar-refractivity contribution is 0.0948. The number of anilines is 1. The maximum Gasteiger partial charge on any atom is 0.271 e. The zero-order valence-corrected chi connectivity index (χ0v) is 14.4. The van der Waals surface area contributed by atoms with E-state index in [4.69, 9.17) is 23.2 Å². The maximum atomic E-state index is 12.0. The van der Waals surface area contributed by atoms with Crippen LogP contribution in [0.15, 0.2) is 30.3 Å². The summed E-state index contributed by atoms with van der Waals surface area (Å²) in [6, 6.07) is 8.94. The Kier molecular flexibility index (Phi) is 6.19. The lowest BCUT2D eigenvalue weighted by atomic mass is 10.1. The molecule has 1 aromatic carbocycles. The molecule has 1 aromatic heterocycles. The number of nitrogens with zero attached hydrogens (tertiary/aromatic N) is 2. The average Bonchev–Trinajstić information content (AvgIpc) is 2.49. The molecule has 0 spiro atoms. The number of carbonyl (C=O) groups excluding carboxylic acids is 1. The van der Waals surface area contributed by atoms with E-state index in [1.807, 2.05) is 19.9 Å². The van der Waals surface area contributed by atoms with Gasteiger partial charge in [-0.2, -0.15) is 0 Å². The van der Waals surface area contributed by atoms with Crippen molar-refractivity contribution >= 4 is 34.9 Å². The topological polar surface area (TPSA) is 66.9 Å². The van der Waals surface area contributed by atoms with Gasteiger partial charge < -0.3 is 10.6 Å². The van der Waals surface area contributed by atoms with Gasteiger partial charge in [0, 0.05) is 22.6 Å². The first-order valence-corrected chi connectivity index (χ1v) is 8.03. The zero-order valence-electron chi connectivity index (χ0n) is 12.9. The second kappa shape index (κ2) is 8.13. The van der Waals surface area contributed by atoms with Crippen LogP contribution >= 0.6 is 23.2 Å². The lowest BCUT2D eigenvalue weighted by Gasteiger charge is -2.09. The number of carbonyl (C=O) groups is 1. The average molecular weight is 353 g/mol. The number of rotatable bonds is 6. The molecule has 0 unspecified atom stereocenters. The zero-order chi connectivity index (χ0) is 16.8. The smallest absolute Gasteiger partial charge is 0.271 e. The molecule has 0 radical (unpaired) electrons. The van der Waals surface area contributed by atoms with Crippen molar-refractivity contribution < 1.29 is 4.79 Å². The quantitative estimate of drug-likeness (QED) is 0.833. The molecule has 1 heterocycles. The predicted molar refractivity (Wildman–Crippen MR) is 93.3 cm³/mol. The van der Waals surface area contributed by atoms with Crippen LogP contribution in [0.3, 0.4) is 0 Å². The fourth-order valence-electron chi connectivity index (χ4n) is 1.95. The van der Waals surface area contributed by atoms with Crippen molar-refractivity contribution in [2.75, 3.05) is 11.9 Å². The third kappa shape index (κ3) is 5.37. The minimum absolute atomic E-state index is 0.258. The first-order chi connectivity index (χ1) is 11.0. The minimum Gasteiger partial charge on any atom is -0.366 e. The van der Waals surface area contributed by atoms with Gasteiger partial charge in [0.1, 0.15) is 5.82 Å². The number of benzene rings is 1. The molecule has 2 aromatic rings. The van der Waals surface area contributed by atoms with Crippen LogP contribution in [0.2, 0.25) is 10.0 Å². The highest BCUT2D eigenvalue weighted by Gasteiger charge is 2.09. The summed E-state index contributed by atoms with van der Waals surface area (Å²) in [7, 11) is 0. The van der Waals surface area contributed by atoms with Crippen LogP contribution in [0.5, 0.6) is 0 Å². The number of halogens is 2. The third-order valence-electron chi connectivity index (χ3n) is 3.03. The summed E-state index contributed by atoms with van der Waals surface area (Å²) in [4.78, 5) is 12.0. The molecule has 122 valence electrons. The standard InChI is InChI=1S/C16H18Cl2N4O/c1-10(2)20-15-6-5-14(21-22-15)16(23)19-8-7-11-3-4-12(17)9-13(11)18/h3-6,9-10H,7-8H2,1-2H3,(H,19,23)(H,20,22). The first kappa shape index (κ1) is 17.5. The summed E-state index contributed by atoms with van der Waals surface area (Å²) in [6.07, 6.45) is 0.613. The van der Waals surface area contributed by atoms with Crippen LogP contribution in [0.25, 0.3) is 0 Å². The van der Waals surface area contributed by atoms with Crippen LogP contribution < -0.4 is 10.6 Å². The Morgan fingerprint density at radius 1 is 1.17 bits per heavy atom. The molecule has 0 aliphatic heterocycles. The molecule has 7 heteroatoms. The molecule has 5 nitrogen and oxygen atoms in total. The molecule has 0 bridgehead atoms. The summed E-state index contributed by atoms with van der Waals surface area (Å²) in [5.41, 5.74) is 1.21. The molecular weight excluding hydrogens is 335 g/mol. The fourth-order valence-corrected chi connectivity index (χ4v) is 2.45. The van der Waals surface area contributed by atoms with E-state index in [0.29, 0.717) is 28.8 Å². The van der Waals surface area contributed by atoms with Gasteiger partial charge >= 0.3 is 0 Å². The summed E-state index contributed by atoms with van der Waals surface area (Å²) < 4.78 is 0. The number of hydrogen-bond donors (Lipinski definition) is 2.